The van der Waals surface area contributed by atoms with E-state index in [4.69, 9.17) is 16.7 Å². The van der Waals surface area contributed by atoms with E-state index in [0.29, 0.717) is 18.6 Å². The molecule has 49 heavy (non-hydrogen) atoms. The van der Waals surface area contributed by atoms with Gasteiger partial charge in [0, 0.05) is 72.3 Å². The van der Waals surface area contributed by atoms with Crippen LogP contribution in [0.2, 0.25) is 0 Å². The van der Waals surface area contributed by atoms with Crippen molar-refractivity contribution in [2.75, 3.05) is 18.0 Å². The van der Waals surface area contributed by atoms with Gasteiger partial charge in [0.15, 0.2) is 5.71 Å². The second-order valence-corrected chi connectivity index (χ2v) is 15.0. The number of para-hydroxylation sites is 2. The molecule has 1 N–H and O–H groups in total. The Hall–Kier alpha value is -3.70. The first-order chi connectivity index (χ1) is 23.6. The van der Waals surface area contributed by atoms with Gasteiger partial charge >= 0.3 is 5.97 Å². The minimum atomic E-state index is -0.721. The minimum Gasteiger partial charge on any atom is -0.481 e. The third-order valence-electron chi connectivity index (χ3n) is 10.4. The van der Waals surface area contributed by atoms with Crippen LogP contribution in [0.25, 0.3) is 0 Å². The zero-order chi connectivity index (χ0) is 35.0. The monoisotopic (exact) mass is 681 g/mol. The van der Waals surface area contributed by atoms with Gasteiger partial charge in [0.2, 0.25) is 5.69 Å². The lowest BCUT2D eigenvalue weighted by Crippen LogP contribution is -2.28. The number of carboxylic acid groups (broad SMARTS) is 1. The van der Waals surface area contributed by atoms with E-state index in [-0.39, 0.29) is 17.8 Å². The van der Waals surface area contributed by atoms with Gasteiger partial charge in [-0.3, -0.25) is 9.59 Å². The number of unbranched alkanes of at least 4 members (excludes halogenated alkanes) is 4. The SMILES string of the molecule is CC(C)C(=O)CCCCC[N+]1=C(C=CC2=C(Cl)C(=CC=C3Cc4ccccc4N3CCCCCC(=O)O)CCC2)C(C)(C)c2ccccc21. The number of fused-ring (bicyclic) bond motifs is 2. The first-order valence-electron chi connectivity index (χ1n) is 18.4. The molecule has 0 saturated heterocycles. The van der Waals surface area contributed by atoms with Gasteiger partial charge in [0.25, 0.3) is 0 Å². The predicted octanol–water partition coefficient (Wildman–Crippen LogP) is 10.6. The number of carbonyl (C=O) groups excluding carboxylic acids is 1. The van der Waals surface area contributed by atoms with E-state index >= 15 is 0 Å². The Labute approximate surface area is 298 Å². The minimum absolute atomic E-state index is 0.117. The van der Waals surface area contributed by atoms with Crippen LogP contribution in [0.15, 0.2) is 94.7 Å². The number of halogens is 1. The standard InChI is InChI=1S/C43H53ClN2O3/c1-31(2)39(47)22-7-5-14-29-46-38-21-12-10-19-36(38)43(3,4)40(46)27-25-33-18-15-17-32(42(33)44)24-26-35-30-34-16-9-11-20-37(34)45(35)28-13-6-8-23-41(48)49/h9-12,16,19-21,24-27,31H,5-8,13-15,17-18,22-23,28-30H2,1-4H3/p+1. The van der Waals surface area contributed by atoms with E-state index in [1.807, 2.05) is 13.8 Å². The summed E-state index contributed by atoms with van der Waals surface area (Å²) in [6, 6.07) is 17.3. The van der Waals surface area contributed by atoms with Crippen LogP contribution >= 0.6 is 11.6 Å². The van der Waals surface area contributed by atoms with Gasteiger partial charge in [-0.25, -0.2) is 0 Å². The number of aliphatic carboxylic acids is 1. The van der Waals surface area contributed by atoms with Gasteiger partial charge in [-0.05, 0) is 87.6 Å². The maximum Gasteiger partial charge on any atom is 0.303 e. The molecule has 6 heteroatoms. The summed E-state index contributed by atoms with van der Waals surface area (Å²) in [5.74, 6) is -0.242. The fourth-order valence-corrected chi connectivity index (χ4v) is 7.82. The van der Waals surface area contributed by atoms with Gasteiger partial charge in [-0.1, -0.05) is 80.4 Å². The van der Waals surface area contributed by atoms with Gasteiger partial charge in [0.1, 0.15) is 12.3 Å². The Balaban J connectivity index is 1.34. The Morgan fingerprint density at radius 2 is 1.65 bits per heavy atom. The highest BCUT2D eigenvalue weighted by atomic mass is 35.5. The Morgan fingerprint density at radius 1 is 0.918 bits per heavy atom. The Kier molecular flexibility index (Phi) is 12.5. The molecule has 0 spiro atoms. The molecule has 2 aliphatic heterocycles. The maximum atomic E-state index is 12.1. The van der Waals surface area contributed by atoms with E-state index in [2.05, 4.69) is 96.2 Å². The zero-order valence-corrected chi connectivity index (χ0v) is 30.7. The molecule has 0 bridgehead atoms. The predicted molar refractivity (Wildman–Crippen MR) is 203 cm³/mol. The summed E-state index contributed by atoms with van der Waals surface area (Å²) >= 11 is 7.17. The summed E-state index contributed by atoms with van der Waals surface area (Å²) in [4.78, 5) is 25.5. The van der Waals surface area contributed by atoms with Crippen molar-refractivity contribution in [3.05, 3.63) is 106 Å². The number of nitrogens with zero attached hydrogens (tertiary/aromatic N) is 2. The van der Waals surface area contributed by atoms with E-state index in [0.717, 1.165) is 75.9 Å². The van der Waals surface area contributed by atoms with Crippen LogP contribution in [0.5, 0.6) is 0 Å². The third-order valence-corrected chi connectivity index (χ3v) is 10.9. The number of ketones is 1. The molecule has 5 nitrogen and oxygen atoms in total. The third kappa shape index (κ3) is 8.91. The summed E-state index contributed by atoms with van der Waals surface area (Å²) < 4.78 is 2.49. The number of allylic oxidation sites excluding steroid dienone is 8. The largest absolute Gasteiger partial charge is 0.481 e. The summed E-state index contributed by atoms with van der Waals surface area (Å²) in [6.45, 7) is 10.4. The number of hydrogen-bond acceptors (Lipinski definition) is 3. The highest BCUT2D eigenvalue weighted by molar-refractivity contribution is 6.32. The van der Waals surface area contributed by atoms with Gasteiger partial charge in [-0.2, -0.15) is 4.58 Å². The molecule has 3 aliphatic rings. The van der Waals surface area contributed by atoms with Crippen molar-refractivity contribution in [3.63, 3.8) is 0 Å². The van der Waals surface area contributed by atoms with E-state index in [1.54, 1.807) is 0 Å². The molecular weight excluding hydrogens is 628 g/mol. The quantitative estimate of drug-likeness (QED) is 0.141. The molecule has 0 aromatic heterocycles. The highest BCUT2D eigenvalue weighted by Crippen LogP contribution is 2.41. The van der Waals surface area contributed by atoms with Crippen LogP contribution in [0.4, 0.5) is 11.4 Å². The maximum absolute atomic E-state index is 12.1. The van der Waals surface area contributed by atoms with Crippen molar-refractivity contribution in [2.24, 2.45) is 5.92 Å². The molecule has 260 valence electrons. The molecule has 2 aromatic carbocycles. The van der Waals surface area contributed by atoms with Crippen LogP contribution in [0, 0.1) is 5.92 Å². The van der Waals surface area contributed by atoms with Gasteiger partial charge in [-0.15, -0.1) is 0 Å². The highest BCUT2D eigenvalue weighted by Gasteiger charge is 2.43. The first kappa shape index (κ1) is 36.6. The molecular formula is C43H54ClN2O3+. The Bertz CT molecular complexity index is 1690. The second-order valence-electron chi connectivity index (χ2n) is 14.6. The van der Waals surface area contributed by atoms with Crippen molar-refractivity contribution in [2.45, 2.75) is 110 Å². The van der Waals surface area contributed by atoms with Crippen molar-refractivity contribution < 1.29 is 19.3 Å². The lowest BCUT2D eigenvalue weighted by Gasteiger charge is -2.22. The van der Waals surface area contributed by atoms with E-state index < -0.39 is 5.97 Å². The molecule has 5 rings (SSSR count). The normalized spacial score (nSPS) is 18.8. The molecule has 0 saturated carbocycles. The fraction of sp³-hybridized carbons (Fsp3) is 0.465. The number of benzene rings is 2. The number of carbonyl (C=O) groups is 2. The lowest BCUT2D eigenvalue weighted by molar-refractivity contribution is -0.438. The summed E-state index contributed by atoms with van der Waals surface area (Å²) in [5.41, 5.74) is 10.0. The average molecular weight is 682 g/mol. The number of carboxylic acids is 1. The van der Waals surface area contributed by atoms with Crippen LogP contribution in [0.1, 0.15) is 109 Å². The average Bonchev–Trinajstić information content (AvgIpc) is 3.54. The van der Waals surface area contributed by atoms with Crippen molar-refractivity contribution in [1.29, 1.82) is 0 Å². The molecule has 2 aromatic rings. The topological polar surface area (TPSA) is 60.6 Å². The van der Waals surface area contributed by atoms with Crippen LogP contribution in [-0.2, 0) is 21.4 Å². The molecule has 0 radical (unpaired) electrons. The Morgan fingerprint density at radius 3 is 2.45 bits per heavy atom. The number of rotatable bonds is 16. The number of anilines is 1. The van der Waals surface area contributed by atoms with Gasteiger partial charge in [0.05, 0.1) is 5.41 Å². The molecule has 1 aliphatic carbocycles. The first-order valence-corrected chi connectivity index (χ1v) is 18.8. The van der Waals surface area contributed by atoms with Crippen molar-refractivity contribution in [1.82, 2.24) is 0 Å². The lowest BCUT2D eigenvalue weighted by atomic mass is 9.81. The smallest absolute Gasteiger partial charge is 0.303 e. The summed E-state index contributed by atoms with van der Waals surface area (Å²) in [7, 11) is 0. The van der Waals surface area contributed by atoms with Gasteiger partial charge < -0.3 is 10.0 Å². The van der Waals surface area contributed by atoms with E-state index in [9.17, 15) is 9.59 Å². The molecule has 0 fully saturated rings. The molecule has 2 heterocycles. The summed E-state index contributed by atoms with van der Waals surface area (Å²) in [6.07, 6.45) is 19.4. The van der Waals surface area contributed by atoms with Crippen LogP contribution in [0.3, 0.4) is 0 Å². The second kappa shape index (κ2) is 16.8. The van der Waals surface area contributed by atoms with Crippen LogP contribution < -0.4 is 4.90 Å². The zero-order valence-electron chi connectivity index (χ0n) is 29.9. The number of hydrogen-bond donors (Lipinski definition) is 1. The van der Waals surface area contributed by atoms with Crippen LogP contribution in [-0.4, -0.2) is 40.2 Å². The molecule has 0 amide bonds. The fourth-order valence-electron chi connectivity index (χ4n) is 7.51. The van der Waals surface area contributed by atoms with Crippen molar-refractivity contribution >= 4 is 40.4 Å². The molecule has 0 atom stereocenters. The number of Topliss-reactive ketones (excluding diaryl/α,β-unsaturated/α-hetero) is 1. The molecule has 0 unspecified atom stereocenters. The van der Waals surface area contributed by atoms with E-state index in [1.165, 1.54) is 45.1 Å². The summed E-state index contributed by atoms with van der Waals surface area (Å²) in [5, 5.41) is 9.87. The van der Waals surface area contributed by atoms with Crippen molar-refractivity contribution in [3.8, 4) is 0 Å².